The summed E-state index contributed by atoms with van der Waals surface area (Å²) in [4.78, 5) is 62.8. The number of carbonyl (C=O) groups is 4. The number of nitro groups is 1. The number of nitrogens with zero attached hydrogens (tertiary/aromatic N) is 2. The zero-order valence-corrected chi connectivity index (χ0v) is 17.9. The molecule has 0 aliphatic carbocycles. The molecule has 0 spiro atoms. The number of nitro benzene ring substituents is 1. The Morgan fingerprint density at radius 1 is 1.21 bits per heavy atom. The van der Waals surface area contributed by atoms with Crippen LogP contribution in [0.2, 0.25) is 0 Å². The average Bonchev–Trinajstić information content (AvgIpc) is 2.81. The molecule has 0 bridgehead atoms. The molecule has 2 aromatic rings. The molecular weight excluding hydrogens is 436 g/mol. The monoisotopic (exact) mass is 462 g/mol. The number of methoxy groups -OCH3 is 1. The van der Waals surface area contributed by atoms with Crippen molar-refractivity contribution in [2.75, 3.05) is 20.3 Å². The molecule has 1 atom stereocenters. The van der Waals surface area contributed by atoms with Gasteiger partial charge in [-0.15, -0.1) is 0 Å². The summed E-state index contributed by atoms with van der Waals surface area (Å²) in [5, 5.41) is 16.1. The number of aromatic nitrogens is 1. The molecule has 1 heterocycles. The van der Waals surface area contributed by atoms with Gasteiger partial charge in [-0.05, 0) is 24.6 Å². The molecule has 2 amide bonds. The first-order valence-electron chi connectivity index (χ1n) is 9.76. The van der Waals surface area contributed by atoms with Crippen LogP contribution in [0, 0.1) is 10.1 Å². The predicted molar refractivity (Wildman–Crippen MR) is 117 cm³/mol. The van der Waals surface area contributed by atoms with Crippen molar-refractivity contribution in [3.05, 3.63) is 69.5 Å². The summed E-state index contributed by atoms with van der Waals surface area (Å²) in [7, 11) is 1.10. The third kappa shape index (κ3) is 7.38. The zero-order valence-electron chi connectivity index (χ0n) is 17.9. The highest BCUT2D eigenvalue weighted by molar-refractivity contribution is 6.00. The van der Waals surface area contributed by atoms with Gasteiger partial charge in [0.1, 0.15) is 0 Å². The quantitative estimate of drug-likeness (QED) is 0.304. The van der Waals surface area contributed by atoms with Crippen LogP contribution < -0.4 is 10.6 Å². The van der Waals surface area contributed by atoms with Crippen molar-refractivity contribution in [2.45, 2.75) is 19.4 Å². The van der Waals surface area contributed by atoms with Gasteiger partial charge >= 0.3 is 11.9 Å². The van der Waals surface area contributed by atoms with Crippen molar-refractivity contribution in [1.29, 1.82) is 0 Å². The van der Waals surface area contributed by atoms with E-state index in [9.17, 15) is 29.3 Å². The van der Waals surface area contributed by atoms with Crippen LogP contribution in [0.1, 0.15) is 48.5 Å². The van der Waals surface area contributed by atoms with Gasteiger partial charge in [-0.25, -0.2) is 4.79 Å². The first-order valence-corrected chi connectivity index (χ1v) is 9.76. The molecule has 2 N–H and O–H groups in total. The largest absolute Gasteiger partial charge is 0.466 e. The maximum atomic E-state index is 12.5. The van der Waals surface area contributed by atoms with Crippen LogP contribution in [0.3, 0.4) is 0 Å². The smallest absolute Gasteiger partial charge is 0.338 e. The first kappa shape index (κ1) is 24.9. The molecule has 12 nitrogen and oxygen atoms in total. The van der Waals surface area contributed by atoms with E-state index in [-0.39, 0.29) is 27.0 Å². The van der Waals surface area contributed by atoms with Gasteiger partial charge in [0.05, 0.1) is 43.2 Å². The van der Waals surface area contributed by atoms with Gasteiger partial charge in [-0.3, -0.25) is 29.5 Å². The Balaban J connectivity index is 0.00000578. The molecule has 178 valence electrons. The number of carbonyl (C=O) groups excluding carboxylic acids is 4. The summed E-state index contributed by atoms with van der Waals surface area (Å²) >= 11 is 0. The van der Waals surface area contributed by atoms with Crippen LogP contribution in [0.25, 0.3) is 0 Å². The second-order valence-electron chi connectivity index (χ2n) is 6.62. The Bertz CT molecular complexity index is 1050. The Kier molecular flexibility index (Phi) is 8.97. The number of hydrogen-bond acceptors (Lipinski definition) is 9. The van der Waals surface area contributed by atoms with Gasteiger partial charge in [0.15, 0.2) is 0 Å². The minimum Gasteiger partial charge on any atom is -0.466 e. The molecule has 0 fully saturated rings. The molecule has 1 aromatic heterocycles. The van der Waals surface area contributed by atoms with Gasteiger partial charge in [-0.2, -0.15) is 0 Å². The zero-order chi connectivity index (χ0) is 24.4. The number of pyridine rings is 1. The molecular formula is C21H26N4O8. The Morgan fingerprint density at radius 3 is 2.55 bits per heavy atom. The first-order chi connectivity index (χ1) is 15.7. The van der Waals surface area contributed by atoms with Crippen molar-refractivity contribution in [1.82, 2.24) is 15.6 Å². The van der Waals surface area contributed by atoms with Crippen molar-refractivity contribution >= 4 is 29.4 Å². The maximum absolute atomic E-state index is 12.5. The van der Waals surface area contributed by atoms with Crippen molar-refractivity contribution in [3.8, 4) is 0 Å². The van der Waals surface area contributed by atoms with Gasteiger partial charge in [0.25, 0.3) is 11.6 Å². The molecule has 0 aliphatic rings. The van der Waals surface area contributed by atoms with Crippen LogP contribution in [-0.4, -0.2) is 53.9 Å². The van der Waals surface area contributed by atoms with E-state index in [0.717, 1.165) is 25.3 Å². The number of amides is 2. The number of nitrogens with one attached hydrogen (secondary N) is 2. The van der Waals surface area contributed by atoms with E-state index >= 15 is 0 Å². The lowest BCUT2D eigenvalue weighted by Crippen LogP contribution is -2.39. The fourth-order valence-corrected chi connectivity index (χ4v) is 2.81. The van der Waals surface area contributed by atoms with E-state index in [1.54, 1.807) is 19.1 Å². The molecule has 1 unspecified atom stereocenters. The van der Waals surface area contributed by atoms with E-state index in [1.807, 2.05) is 0 Å². The van der Waals surface area contributed by atoms with Crippen LogP contribution in [-0.2, 0) is 19.1 Å². The lowest BCUT2D eigenvalue weighted by molar-refractivity contribution is -0.384. The number of non-ortho nitro benzene ring substituents is 1. The van der Waals surface area contributed by atoms with E-state index in [0.29, 0.717) is 5.56 Å². The topological polar surface area (TPSA) is 167 Å². The average molecular weight is 462 g/mol. The number of esters is 2. The lowest BCUT2D eigenvalue weighted by Gasteiger charge is -2.18. The Morgan fingerprint density at radius 2 is 1.94 bits per heavy atom. The summed E-state index contributed by atoms with van der Waals surface area (Å²) in [5.41, 5.74) is -0.315. The Labute approximate surface area is 191 Å². The molecule has 33 heavy (non-hydrogen) atoms. The normalized spacial score (nSPS) is 11.1. The highest BCUT2D eigenvalue weighted by Gasteiger charge is 2.21. The van der Waals surface area contributed by atoms with E-state index in [4.69, 9.17) is 4.74 Å². The fraction of sp³-hybridized carbons (Fsp3) is 0.286. The molecule has 0 saturated carbocycles. The maximum Gasteiger partial charge on any atom is 0.338 e. The molecule has 0 aliphatic heterocycles. The highest BCUT2D eigenvalue weighted by Crippen LogP contribution is 2.19. The fourth-order valence-electron chi connectivity index (χ4n) is 2.81. The number of rotatable bonds is 10. The van der Waals surface area contributed by atoms with Crippen LogP contribution in [0.4, 0.5) is 5.69 Å². The standard InChI is InChI=1S/C21H22N4O8.2H2/c1-3-33-19(27)10-17(13-5-4-6-22-11-13)24-18(26)12-23-20(28)14-7-15(21(29)32-2)9-16(8-14)25(30)31;;/h4-9,11,17H,3,10,12H2,1-2H3,(H,23,28)(H,24,26);2*1H. The minimum absolute atomic E-state index is 0. The minimum atomic E-state index is -0.858. The van der Waals surface area contributed by atoms with Crippen LogP contribution in [0.15, 0.2) is 42.7 Å². The number of ether oxygens (including phenoxy) is 2. The SMILES string of the molecule is CCOC(=O)CC(NC(=O)CNC(=O)c1cc(C(=O)OC)cc([N+](=O)[O-])c1)c1cccnc1.[HH].[HH]. The lowest BCUT2D eigenvalue weighted by atomic mass is 10.1. The van der Waals surface area contributed by atoms with E-state index in [2.05, 4.69) is 20.4 Å². The number of benzene rings is 1. The molecule has 0 saturated heterocycles. The van der Waals surface area contributed by atoms with Gasteiger partial charge in [0.2, 0.25) is 5.91 Å². The molecule has 2 rings (SSSR count). The van der Waals surface area contributed by atoms with Crippen molar-refractivity contribution in [2.24, 2.45) is 0 Å². The predicted octanol–water partition coefficient (Wildman–Crippen LogP) is 1.81. The van der Waals surface area contributed by atoms with Gasteiger partial charge in [0, 0.05) is 32.9 Å². The summed E-state index contributed by atoms with van der Waals surface area (Å²) in [5.74, 6) is -2.83. The molecule has 1 aromatic carbocycles. The third-order valence-corrected chi connectivity index (χ3v) is 4.32. The van der Waals surface area contributed by atoms with E-state index < -0.39 is 47.0 Å². The summed E-state index contributed by atoms with van der Waals surface area (Å²) in [6.45, 7) is 1.35. The highest BCUT2D eigenvalue weighted by atomic mass is 16.6. The molecule has 0 radical (unpaired) electrons. The van der Waals surface area contributed by atoms with Crippen LogP contribution in [0.5, 0.6) is 0 Å². The number of hydrogen-bond donors (Lipinski definition) is 2. The summed E-state index contributed by atoms with van der Waals surface area (Å²) in [6.07, 6.45) is 2.88. The second-order valence-corrected chi connectivity index (χ2v) is 6.62. The van der Waals surface area contributed by atoms with Crippen molar-refractivity contribution < 1.29 is 36.4 Å². The third-order valence-electron chi connectivity index (χ3n) is 4.32. The summed E-state index contributed by atoms with van der Waals surface area (Å²) < 4.78 is 9.47. The van der Waals surface area contributed by atoms with Crippen molar-refractivity contribution in [3.63, 3.8) is 0 Å². The Hall–Kier alpha value is -4.35. The summed E-state index contributed by atoms with van der Waals surface area (Å²) in [6, 6.07) is 5.63. The second kappa shape index (κ2) is 11.9. The van der Waals surface area contributed by atoms with Gasteiger partial charge in [-0.1, -0.05) is 6.07 Å². The van der Waals surface area contributed by atoms with Gasteiger partial charge < -0.3 is 20.1 Å². The van der Waals surface area contributed by atoms with Crippen LogP contribution >= 0.6 is 0 Å². The van der Waals surface area contributed by atoms with E-state index in [1.165, 1.54) is 12.4 Å². The molecule has 12 heteroatoms.